The van der Waals surface area contributed by atoms with Crippen LogP contribution in [-0.4, -0.2) is 30.4 Å². The van der Waals surface area contributed by atoms with Crippen molar-refractivity contribution >= 4 is 18.4 Å². The number of piperidine rings is 1. The average Bonchev–Trinajstić information content (AvgIpc) is 2.15. The molecule has 0 atom stereocenters. The van der Waals surface area contributed by atoms with E-state index in [0.717, 1.165) is 32.3 Å². The third kappa shape index (κ3) is 2.87. The maximum Gasteiger partial charge on any atom is 0.209 e. The zero-order valence-corrected chi connectivity index (χ0v) is 7.85. The van der Waals surface area contributed by atoms with Crippen LogP contribution < -0.4 is 4.72 Å². The Bertz CT molecular complexity index is 155. The Kier molecular flexibility index (Phi) is 4.18. The first kappa shape index (κ1) is 9.61. The first-order valence-corrected chi connectivity index (χ1v) is 4.96. The molecule has 1 aliphatic rings. The quantitative estimate of drug-likeness (QED) is 0.525. The summed E-state index contributed by atoms with van der Waals surface area (Å²) in [4.78, 5) is 12.2. The second-order valence-electron chi connectivity index (χ2n) is 2.82. The lowest BCUT2D eigenvalue weighted by Crippen LogP contribution is -2.39. The largest absolute Gasteiger partial charge is 0.345 e. The van der Waals surface area contributed by atoms with Gasteiger partial charge in [0.25, 0.3) is 0 Å². The van der Waals surface area contributed by atoms with Crippen molar-refractivity contribution in [2.24, 2.45) is 0 Å². The zero-order valence-electron chi connectivity index (χ0n) is 7.03. The summed E-state index contributed by atoms with van der Waals surface area (Å²) in [6.45, 7) is 5.36. The van der Waals surface area contributed by atoms with Gasteiger partial charge in [-0.2, -0.15) is 0 Å². The second-order valence-corrected chi connectivity index (χ2v) is 3.62. The number of carbonyl (C=O) groups is 1. The molecule has 0 radical (unpaired) electrons. The lowest BCUT2D eigenvalue weighted by atomic mass is 10.1. The van der Waals surface area contributed by atoms with Gasteiger partial charge < -0.3 is 4.90 Å². The van der Waals surface area contributed by atoms with Crippen LogP contribution >= 0.6 is 11.9 Å². The van der Waals surface area contributed by atoms with E-state index >= 15 is 0 Å². The molecule has 1 N–H and O–H groups in total. The molecule has 1 heterocycles. The number of hydrogen-bond acceptors (Lipinski definition) is 3. The number of likely N-dealkylation sites (tertiary alicyclic amines) is 1. The summed E-state index contributed by atoms with van der Waals surface area (Å²) in [6, 6.07) is 0.532. The molecule has 0 unspecified atom stereocenters. The van der Waals surface area contributed by atoms with Crippen LogP contribution in [0.4, 0.5) is 0 Å². The minimum atomic E-state index is 0.532. The summed E-state index contributed by atoms with van der Waals surface area (Å²) in [7, 11) is 0. The van der Waals surface area contributed by atoms with Crippen molar-refractivity contribution in [3.8, 4) is 0 Å². The highest BCUT2D eigenvalue weighted by Gasteiger charge is 2.16. The minimum Gasteiger partial charge on any atom is -0.345 e. The van der Waals surface area contributed by atoms with E-state index in [-0.39, 0.29) is 0 Å². The molecule has 1 saturated heterocycles. The van der Waals surface area contributed by atoms with Crippen molar-refractivity contribution in [3.05, 3.63) is 12.0 Å². The highest BCUT2D eigenvalue weighted by molar-refractivity contribution is 8.00. The van der Waals surface area contributed by atoms with Gasteiger partial charge in [0, 0.05) is 19.1 Å². The lowest BCUT2D eigenvalue weighted by Gasteiger charge is -2.28. The molecular formula is C8H14N2OS. The van der Waals surface area contributed by atoms with Crippen LogP contribution in [0.25, 0.3) is 0 Å². The molecule has 1 aliphatic heterocycles. The number of nitrogens with one attached hydrogen (secondary N) is 1. The summed E-state index contributed by atoms with van der Waals surface area (Å²) >= 11 is 1.53. The van der Waals surface area contributed by atoms with Gasteiger partial charge in [0.1, 0.15) is 0 Å². The van der Waals surface area contributed by atoms with Gasteiger partial charge in [-0.15, -0.1) is 0 Å². The van der Waals surface area contributed by atoms with Gasteiger partial charge in [-0.25, -0.2) is 0 Å². The Morgan fingerprint density at radius 3 is 2.67 bits per heavy atom. The Balaban J connectivity index is 2.16. The van der Waals surface area contributed by atoms with Crippen LogP contribution in [0, 0.1) is 0 Å². The number of carbonyl (C=O) groups excluding carboxylic acids is 1. The van der Waals surface area contributed by atoms with Gasteiger partial charge in [0.2, 0.25) is 6.41 Å². The highest BCUT2D eigenvalue weighted by Crippen LogP contribution is 2.11. The fourth-order valence-electron chi connectivity index (χ4n) is 1.27. The van der Waals surface area contributed by atoms with E-state index in [9.17, 15) is 4.79 Å². The maximum atomic E-state index is 10.4. The van der Waals surface area contributed by atoms with E-state index in [1.807, 2.05) is 4.90 Å². The van der Waals surface area contributed by atoms with Gasteiger partial charge in [0.05, 0.1) is 0 Å². The minimum absolute atomic E-state index is 0.532. The Morgan fingerprint density at radius 1 is 1.50 bits per heavy atom. The first-order valence-electron chi connectivity index (χ1n) is 4.08. The van der Waals surface area contributed by atoms with Crippen LogP contribution in [0.3, 0.4) is 0 Å². The normalized spacial score (nSPS) is 19.2. The Morgan fingerprint density at radius 2 is 2.17 bits per heavy atom. The molecule has 0 aromatic rings. The van der Waals surface area contributed by atoms with Gasteiger partial charge in [0.15, 0.2) is 0 Å². The van der Waals surface area contributed by atoms with Crippen molar-refractivity contribution in [2.45, 2.75) is 18.9 Å². The predicted octanol–water partition coefficient (Wildman–Crippen LogP) is 0.988. The van der Waals surface area contributed by atoms with Crippen LogP contribution in [0.15, 0.2) is 12.0 Å². The summed E-state index contributed by atoms with van der Waals surface area (Å²) < 4.78 is 3.27. The van der Waals surface area contributed by atoms with E-state index < -0.39 is 0 Å². The van der Waals surface area contributed by atoms with E-state index in [4.69, 9.17) is 0 Å². The summed E-state index contributed by atoms with van der Waals surface area (Å²) in [6.07, 6.45) is 3.01. The summed E-state index contributed by atoms with van der Waals surface area (Å²) in [5.74, 6) is 0. The number of amides is 1. The van der Waals surface area contributed by atoms with Gasteiger partial charge in [-0.05, 0) is 18.2 Å². The number of hydrogen-bond donors (Lipinski definition) is 1. The molecule has 3 nitrogen and oxygen atoms in total. The molecule has 1 rings (SSSR count). The van der Waals surface area contributed by atoms with Crippen molar-refractivity contribution in [2.75, 3.05) is 13.1 Å². The molecule has 1 amide bonds. The first-order chi connectivity index (χ1) is 5.86. The number of nitrogens with zero attached hydrogens (tertiary/aromatic N) is 1. The lowest BCUT2D eigenvalue weighted by molar-refractivity contribution is -0.119. The van der Waals surface area contributed by atoms with Crippen LogP contribution in [-0.2, 0) is 4.79 Å². The second kappa shape index (κ2) is 5.22. The molecule has 0 aliphatic carbocycles. The Hall–Kier alpha value is -0.480. The molecule has 1 fully saturated rings. The molecule has 0 saturated carbocycles. The molecule has 12 heavy (non-hydrogen) atoms. The van der Waals surface area contributed by atoms with Crippen molar-refractivity contribution in [1.29, 1.82) is 0 Å². The third-order valence-electron chi connectivity index (χ3n) is 2.00. The van der Waals surface area contributed by atoms with Gasteiger partial charge in [-0.3, -0.25) is 9.52 Å². The van der Waals surface area contributed by atoms with Gasteiger partial charge in [-0.1, -0.05) is 18.5 Å². The smallest absolute Gasteiger partial charge is 0.209 e. The summed E-state index contributed by atoms with van der Waals surface area (Å²) in [5.41, 5.74) is 0. The van der Waals surface area contributed by atoms with Gasteiger partial charge >= 0.3 is 0 Å². The fourth-order valence-corrected chi connectivity index (χ4v) is 1.79. The molecule has 0 bridgehead atoms. The predicted molar refractivity (Wildman–Crippen MR) is 51.6 cm³/mol. The average molecular weight is 186 g/mol. The topological polar surface area (TPSA) is 32.3 Å². The Labute approximate surface area is 77.3 Å². The SMILES string of the molecule is C=CSNC1CCN(C=O)CC1. The van der Waals surface area contributed by atoms with E-state index in [1.54, 1.807) is 5.41 Å². The summed E-state index contributed by atoms with van der Waals surface area (Å²) in [5, 5.41) is 1.78. The maximum absolute atomic E-state index is 10.4. The standard InChI is InChI=1S/C8H14N2OS/c1-2-12-9-8-3-5-10(7-11)6-4-8/h2,7-9H,1,3-6H2. The van der Waals surface area contributed by atoms with Crippen molar-refractivity contribution in [1.82, 2.24) is 9.62 Å². The van der Waals surface area contributed by atoms with Crippen LogP contribution in [0.2, 0.25) is 0 Å². The zero-order chi connectivity index (χ0) is 8.81. The molecule has 4 heteroatoms. The fraction of sp³-hybridized carbons (Fsp3) is 0.625. The van der Waals surface area contributed by atoms with Crippen LogP contribution in [0.5, 0.6) is 0 Å². The third-order valence-corrected chi connectivity index (χ3v) is 2.63. The molecule has 0 aromatic carbocycles. The van der Waals surface area contributed by atoms with Crippen molar-refractivity contribution in [3.63, 3.8) is 0 Å². The van der Waals surface area contributed by atoms with E-state index in [0.29, 0.717) is 6.04 Å². The van der Waals surface area contributed by atoms with E-state index in [1.165, 1.54) is 11.9 Å². The molecule has 0 aromatic heterocycles. The van der Waals surface area contributed by atoms with Crippen molar-refractivity contribution < 1.29 is 4.79 Å². The molecule has 68 valence electrons. The number of rotatable bonds is 4. The van der Waals surface area contributed by atoms with Crippen LogP contribution in [0.1, 0.15) is 12.8 Å². The molecular weight excluding hydrogens is 172 g/mol. The molecule has 0 spiro atoms. The monoisotopic (exact) mass is 186 g/mol. The highest BCUT2D eigenvalue weighted by atomic mass is 32.2. The van der Waals surface area contributed by atoms with E-state index in [2.05, 4.69) is 11.3 Å².